The van der Waals surface area contributed by atoms with Crippen molar-refractivity contribution in [3.8, 4) is 11.1 Å². The van der Waals surface area contributed by atoms with Crippen LogP contribution in [0.25, 0.3) is 11.1 Å². The molecule has 0 aromatic heterocycles. The molecule has 0 aliphatic carbocycles. The lowest BCUT2D eigenvalue weighted by molar-refractivity contribution is 0.100. The number of carbonyl (C=O) groups excluding carboxylic acids is 1. The van der Waals surface area contributed by atoms with E-state index in [-0.39, 0.29) is 0 Å². The molecule has 4 N–H and O–H groups in total. The lowest BCUT2D eigenvalue weighted by atomic mass is 9.97. The maximum Gasteiger partial charge on any atom is 0.251 e. The summed E-state index contributed by atoms with van der Waals surface area (Å²) in [5.74, 6) is -0.530. The van der Waals surface area contributed by atoms with Crippen molar-refractivity contribution in [3.05, 3.63) is 109 Å². The molecule has 0 aliphatic heterocycles. The molecule has 4 heteroatoms. The third kappa shape index (κ3) is 3.69. The molecule has 0 aliphatic rings. The Morgan fingerprint density at radius 3 is 1.66 bits per heavy atom. The highest BCUT2D eigenvalue weighted by atomic mass is 16.1. The van der Waals surface area contributed by atoms with Crippen LogP contribution in [-0.2, 0) is 0 Å². The van der Waals surface area contributed by atoms with Crippen LogP contribution < -0.4 is 16.4 Å². The summed E-state index contributed by atoms with van der Waals surface area (Å²) < 4.78 is 0. The summed E-state index contributed by atoms with van der Waals surface area (Å²) in [4.78, 5) is 14.1. The molecule has 0 bridgehead atoms. The van der Waals surface area contributed by atoms with Gasteiger partial charge in [-0.2, -0.15) is 0 Å². The number of carbonyl (C=O) groups is 1. The topological polar surface area (TPSA) is 72.3 Å². The van der Waals surface area contributed by atoms with Crippen molar-refractivity contribution in [2.45, 2.75) is 0 Å². The molecule has 0 saturated heterocycles. The van der Waals surface area contributed by atoms with Crippen LogP contribution in [0.2, 0.25) is 0 Å². The SMILES string of the molecule is NC(=O)c1c(N)cccc1-c1ccc(N(c2ccccc2)c2ccccc2)cc1. The molecule has 4 nitrogen and oxygen atoms in total. The number of hydrogen-bond acceptors (Lipinski definition) is 3. The number of amides is 1. The maximum absolute atomic E-state index is 11.9. The van der Waals surface area contributed by atoms with Gasteiger partial charge in [0.1, 0.15) is 0 Å². The van der Waals surface area contributed by atoms with Crippen LogP contribution in [0.4, 0.5) is 22.7 Å². The fourth-order valence-corrected chi connectivity index (χ4v) is 3.48. The summed E-state index contributed by atoms with van der Waals surface area (Å²) in [6.07, 6.45) is 0. The van der Waals surface area contributed by atoms with Crippen molar-refractivity contribution in [2.75, 3.05) is 10.6 Å². The van der Waals surface area contributed by atoms with Gasteiger partial charge in [0.2, 0.25) is 0 Å². The van der Waals surface area contributed by atoms with Gasteiger partial charge in [-0.05, 0) is 53.6 Å². The molecule has 29 heavy (non-hydrogen) atoms. The number of nitrogens with two attached hydrogens (primary N) is 2. The molecule has 0 saturated carbocycles. The second kappa shape index (κ2) is 7.90. The predicted octanol–water partition coefficient (Wildman–Crippen LogP) is 5.50. The summed E-state index contributed by atoms with van der Waals surface area (Å²) in [5.41, 5.74) is 17.0. The Balaban J connectivity index is 1.78. The first kappa shape index (κ1) is 18.3. The van der Waals surface area contributed by atoms with Gasteiger partial charge < -0.3 is 16.4 Å². The first-order chi connectivity index (χ1) is 14.1. The fraction of sp³-hybridized carbons (Fsp3) is 0. The maximum atomic E-state index is 11.9. The zero-order valence-electron chi connectivity index (χ0n) is 15.8. The average molecular weight is 379 g/mol. The van der Waals surface area contributed by atoms with Crippen LogP contribution >= 0.6 is 0 Å². The quantitative estimate of drug-likeness (QED) is 0.449. The van der Waals surface area contributed by atoms with Crippen LogP contribution in [0.5, 0.6) is 0 Å². The van der Waals surface area contributed by atoms with Gasteiger partial charge in [-0.25, -0.2) is 0 Å². The highest BCUT2D eigenvalue weighted by molar-refractivity contribution is 6.04. The number of nitrogen functional groups attached to an aromatic ring is 1. The average Bonchev–Trinajstić information content (AvgIpc) is 2.75. The number of nitrogens with zero attached hydrogens (tertiary/aromatic N) is 1. The van der Waals surface area contributed by atoms with E-state index in [4.69, 9.17) is 11.5 Å². The van der Waals surface area contributed by atoms with Crippen molar-refractivity contribution in [1.29, 1.82) is 0 Å². The van der Waals surface area contributed by atoms with E-state index >= 15 is 0 Å². The lowest BCUT2D eigenvalue weighted by Crippen LogP contribution is -2.15. The molecule has 0 spiro atoms. The minimum absolute atomic E-state index is 0.350. The first-order valence-corrected chi connectivity index (χ1v) is 9.34. The van der Waals surface area contributed by atoms with Crippen LogP contribution in [0.3, 0.4) is 0 Å². The molecule has 4 aromatic carbocycles. The number of benzene rings is 4. The number of hydrogen-bond donors (Lipinski definition) is 2. The van der Waals surface area contributed by atoms with E-state index < -0.39 is 5.91 Å². The zero-order valence-corrected chi connectivity index (χ0v) is 15.8. The van der Waals surface area contributed by atoms with E-state index in [0.717, 1.165) is 28.2 Å². The van der Waals surface area contributed by atoms with E-state index in [1.807, 2.05) is 72.8 Å². The van der Waals surface area contributed by atoms with Gasteiger partial charge >= 0.3 is 0 Å². The van der Waals surface area contributed by atoms with Crippen molar-refractivity contribution in [3.63, 3.8) is 0 Å². The predicted molar refractivity (Wildman–Crippen MR) is 119 cm³/mol. The molecule has 0 atom stereocenters. The second-order valence-electron chi connectivity index (χ2n) is 6.69. The highest BCUT2D eigenvalue weighted by Crippen LogP contribution is 2.36. The largest absolute Gasteiger partial charge is 0.398 e. The van der Waals surface area contributed by atoms with E-state index in [1.54, 1.807) is 6.07 Å². The highest BCUT2D eigenvalue weighted by Gasteiger charge is 2.15. The fourth-order valence-electron chi connectivity index (χ4n) is 3.48. The van der Waals surface area contributed by atoms with Crippen LogP contribution in [-0.4, -0.2) is 5.91 Å². The van der Waals surface area contributed by atoms with Gasteiger partial charge in [-0.3, -0.25) is 4.79 Å². The van der Waals surface area contributed by atoms with E-state index in [1.165, 1.54) is 0 Å². The van der Waals surface area contributed by atoms with E-state index in [9.17, 15) is 4.79 Å². The van der Waals surface area contributed by atoms with E-state index in [0.29, 0.717) is 11.3 Å². The Morgan fingerprint density at radius 1 is 0.621 bits per heavy atom. The smallest absolute Gasteiger partial charge is 0.251 e. The van der Waals surface area contributed by atoms with Gasteiger partial charge in [0, 0.05) is 22.7 Å². The molecule has 142 valence electrons. The summed E-state index contributed by atoms with van der Waals surface area (Å²) in [6, 6.07) is 33.8. The molecule has 0 fully saturated rings. The summed E-state index contributed by atoms with van der Waals surface area (Å²) >= 11 is 0. The molecule has 0 heterocycles. The zero-order chi connectivity index (χ0) is 20.2. The van der Waals surface area contributed by atoms with Crippen molar-refractivity contribution >= 4 is 28.7 Å². The standard InChI is InChI=1S/C25H21N3O/c26-23-13-7-12-22(24(23)25(27)29)18-14-16-21(17-15-18)28(19-8-3-1-4-9-19)20-10-5-2-6-11-20/h1-17H,26H2,(H2,27,29). The van der Waals surface area contributed by atoms with Gasteiger partial charge in [0.05, 0.1) is 5.56 Å². The molecule has 0 unspecified atom stereocenters. The first-order valence-electron chi connectivity index (χ1n) is 9.34. The van der Waals surface area contributed by atoms with Crippen molar-refractivity contribution in [1.82, 2.24) is 0 Å². The van der Waals surface area contributed by atoms with Gasteiger partial charge in [-0.1, -0.05) is 60.7 Å². The van der Waals surface area contributed by atoms with Crippen molar-refractivity contribution < 1.29 is 4.79 Å². The van der Waals surface area contributed by atoms with Gasteiger partial charge in [0.25, 0.3) is 5.91 Å². The molecule has 4 aromatic rings. The number of primary amides is 1. The van der Waals surface area contributed by atoms with Crippen molar-refractivity contribution in [2.24, 2.45) is 5.73 Å². The van der Waals surface area contributed by atoms with Gasteiger partial charge in [-0.15, -0.1) is 0 Å². The summed E-state index contributed by atoms with van der Waals surface area (Å²) in [7, 11) is 0. The lowest BCUT2D eigenvalue weighted by Gasteiger charge is -2.25. The summed E-state index contributed by atoms with van der Waals surface area (Å²) in [6.45, 7) is 0. The Bertz CT molecular complexity index is 1080. The van der Waals surface area contributed by atoms with Crippen LogP contribution in [0.1, 0.15) is 10.4 Å². The number of anilines is 4. The van der Waals surface area contributed by atoms with Gasteiger partial charge in [0.15, 0.2) is 0 Å². The molecular weight excluding hydrogens is 358 g/mol. The molecule has 1 amide bonds. The minimum Gasteiger partial charge on any atom is -0.398 e. The molecular formula is C25H21N3O. The Morgan fingerprint density at radius 2 is 1.14 bits per heavy atom. The minimum atomic E-state index is -0.530. The number of rotatable bonds is 5. The Kier molecular flexibility index (Phi) is 4.99. The summed E-state index contributed by atoms with van der Waals surface area (Å²) in [5, 5.41) is 0. The Hall–Kier alpha value is -4.05. The second-order valence-corrected chi connectivity index (χ2v) is 6.69. The molecule has 0 radical (unpaired) electrons. The van der Waals surface area contributed by atoms with E-state index in [2.05, 4.69) is 29.2 Å². The monoisotopic (exact) mass is 379 g/mol. The van der Waals surface area contributed by atoms with Crippen LogP contribution in [0, 0.1) is 0 Å². The Labute approximate surface area is 170 Å². The third-order valence-electron chi connectivity index (χ3n) is 4.81. The normalized spacial score (nSPS) is 10.5. The van der Waals surface area contributed by atoms with Crippen LogP contribution in [0.15, 0.2) is 103 Å². The third-order valence-corrected chi connectivity index (χ3v) is 4.81. The number of para-hydroxylation sites is 2. The molecule has 4 rings (SSSR count).